The van der Waals surface area contributed by atoms with Crippen LogP contribution in [0.25, 0.3) is 0 Å². The van der Waals surface area contributed by atoms with E-state index in [2.05, 4.69) is 5.32 Å². The van der Waals surface area contributed by atoms with E-state index < -0.39 is 0 Å². The molecule has 0 saturated heterocycles. The largest absolute Gasteiger partial charge is 0.469 e. The Labute approximate surface area is 191 Å². The highest BCUT2D eigenvalue weighted by Gasteiger charge is 2.23. The molecule has 168 valence electrons. The lowest BCUT2D eigenvalue weighted by Gasteiger charge is -2.26. The number of carbonyl (C=O) groups excluding carboxylic acids is 2. The summed E-state index contributed by atoms with van der Waals surface area (Å²) in [6.07, 6.45) is 0. The van der Waals surface area contributed by atoms with Gasteiger partial charge in [0.15, 0.2) is 0 Å². The van der Waals surface area contributed by atoms with E-state index in [0.29, 0.717) is 13.1 Å². The summed E-state index contributed by atoms with van der Waals surface area (Å²) in [6, 6.07) is 19.4. The van der Waals surface area contributed by atoms with Crippen LogP contribution in [0.5, 0.6) is 0 Å². The maximum atomic E-state index is 13.4. The number of methoxy groups -OCH3 is 1. The summed E-state index contributed by atoms with van der Waals surface area (Å²) in [7, 11) is 1.36. The molecule has 2 atom stereocenters. The van der Waals surface area contributed by atoms with Gasteiger partial charge in [-0.25, -0.2) is 4.39 Å². The lowest BCUT2D eigenvalue weighted by atomic mass is 10.1. The highest BCUT2D eigenvalue weighted by atomic mass is 32.1. The summed E-state index contributed by atoms with van der Waals surface area (Å²) < 4.78 is 18.3. The van der Waals surface area contributed by atoms with E-state index in [1.165, 1.54) is 30.6 Å². The van der Waals surface area contributed by atoms with Crippen LogP contribution >= 0.6 is 11.3 Å². The number of nitrogens with one attached hydrogen (secondary N) is 1. The van der Waals surface area contributed by atoms with Crippen molar-refractivity contribution < 1.29 is 18.7 Å². The molecule has 0 aliphatic heterocycles. The Morgan fingerprint density at radius 1 is 1.06 bits per heavy atom. The molecular weight excluding hydrogens is 427 g/mol. The van der Waals surface area contributed by atoms with Crippen LogP contribution < -0.4 is 5.32 Å². The molecule has 3 aromatic rings. The first-order chi connectivity index (χ1) is 15.5. The van der Waals surface area contributed by atoms with Gasteiger partial charge in [-0.1, -0.05) is 55.5 Å². The zero-order valence-corrected chi connectivity index (χ0v) is 19.0. The van der Waals surface area contributed by atoms with Gasteiger partial charge >= 0.3 is 5.97 Å². The molecule has 0 radical (unpaired) electrons. The van der Waals surface area contributed by atoms with Crippen molar-refractivity contribution in [1.29, 1.82) is 0 Å². The molecule has 0 aliphatic rings. The van der Waals surface area contributed by atoms with Gasteiger partial charge in [-0.3, -0.25) is 14.5 Å². The van der Waals surface area contributed by atoms with E-state index in [1.54, 1.807) is 19.1 Å². The Morgan fingerprint density at radius 2 is 1.78 bits per heavy atom. The molecule has 7 heteroatoms. The Bertz CT molecular complexity index is 994. The van der Waals surface area contributed by atoms with Gasteiger partial charge in [0, 0.05) is 18.0 Å². The van der Waals surface area contributed by atoms with E-state index >= 15 is 0 Å². The third-order valence-electron chi connectivity index (χ3n) is 5.09. The number of carbonyl (C=O) groups is 2. The zero-order chi connectivity index (χ0) is 22.9. The maximum absolute atomic E-state index is 13.4. The van der Waals surface area contributed by atoms with E-state index in [9.17, 15) is 14.0 Å². The minimum absolute atomic E-state index is 0.110. The van der Waals surface area contributed by atoms with Crippen LogP contribution in [0.1, 0.15) is 29.0 Å². The number of thiophene rings is 1. The molecule has 2 unspecified atom stereocenters. The smallest absolute Gasteiger partial charge is 0.309 e. The van der Waals surface area contributed by atoms with Crippen molar-refractivity contribution in [2.45, 2.75) is 19.5 Å². The summed E-state index contributed by atoms with van der Waals surface area (Å²) in [4.78, 5) is 27.9. The second-order valence-corrected chi connectivity index (χ2v) is 8.63. The Morgan fingerprint density at radius 3 is 2.41 bits per heavy atom. The summed E-state index contributed by atoms with van der Waals surface area (Å²) >= 11 is 1.53. The molecule has 1 heterocycles. The first kappa shape index (κ1) is 23.6. The number of rotatable bonds is 10. The summed E-state index contributed by atoms with van der Waals surface area (Å²) in [5.41, 5.74) is 1.85. The molecule has 0 saturated carbocycles. The van der Waals surface area contributed by atoms with E-state index in [4.69, 9.17) is 4.74 Å². The molecule has 1 aromatic heterocycles. The van der Waals surface area contributed by atoms with Crippen molar-refractivity contribution in [2.24, 2.45) is 5.92 Å². The molecule has 32 heavy (non-hydrogen) atoms. The van der Waals surface area contributed by atoms with Crippen molar-refractivity contribution in [3.63, 3.8) is 0 Å². The predicted molar refractivity (Wildman–Crippen MR) is 124 cm³/mol. The lowest BCUT2D eigenvalue weighted by Crippen LogP contribution is -2.41. The van der Waals surface area contributed by atoms with E-state index in [-0.39, 0.29) is 36.2 Å². The van der Waals surface area contributed by atoms with Gasteiger partial charge in [0.25, 0.3) is 0 Å². The third kappa shape index (κ3) is 6.73. The van der Waals surface area contributed by atoms with Crippen LogP contribution in [0.2, 0.25) is 0 Å². The zero-order valence-electron chi connectivity index (χ0n) is 18.2. The van der Waals surface area contributed by atoms with Crippen molar-refractivity contribution in [3.05, 3.63) is 93.9 Å². The van der Waals surface area contributed by atoms with Crippen LogP contribution in [0.15, 0.2) is 72.1 Å². The van der Waals surface area contributed by atoms with Crippen molar-refractivity contribution in [2.75, 3.05) is 20.2 Å². The van der Waals surface area contributed by atoms with E-state index in [1.807, 2.05) is 52.7 Å². The molecule has 2 aromatic carbocycles. The molecule has 5 nitrogen and oxygen atoms in total. The first-order valence-corrected chi connectivity index (χ1v) is 11.3. The van der Waals surface area contributed by atoms with Crippen LogP contribution in [-0.4, -0.2) is 37.0 Å². The molecule has 0 aliphatic carbocycles. The van der Waals surface area contributed by atoms with Gasteiger partial charge in [-0.05, 0) is 34.7 Å². The topological polar surface area (TPSA) is 58.6 Å². The fraction of sp³-hybridized carbons (Fsp3) is 0.280. The van der Waals surface area contributed by atoms with Gasteiger partial charge in [0.05, 0.1) is 25.6 Å². The quantitative estimate of drug-likeness (QED) is 0.461. The number of hydrogen-bond acceptors (Lipinski definition) is 5. The molecule has 1 amide bonds. The lowest BCUT2D eigenvalue weighted by molar-refractivity contribution is -0.145. The minimum Gasteiger partial charge on any atom is -0.469 e. The minimum atomic E-state index is -0.375. The Hall–Kier alpha value is -3.03. The van der Waals surface area contributed by atoms with Crippen molar-refractivity contribution >= 4 is 23.2 Å². The fourth-order valence-electron chi connectivity index (χ4n) is 3.53. The number of esters is 1. The van der Waals surface area contributed by atoms with Crippen LogP contribution in [0.4, 0.5) is 4.39 Å². The second-order valence-electron chi connectivity index (χ2n) is 7.65. The number of ether oxygens (including phenoxy) is 1. The molecule has 3 rings (SSSR count). The van der Waals surface area contributed by atoms with Crippen LogP contribution in [0, 0.1) is 11.7 Å². The average Bonchev–Trinajstić information content (AvgIpc) is 3.33. The monoisotopic (exact) mass is 454 g/mol. The van der Waals surface area contributed by atoms with Crippen molar-refractivity contribution in [3.8, 4) is 0 Å². The number of hydrogen-bond donors (Lipinski definition) is 1. The molecule has 1 N–H and O–H groups in total. The molecule has 0 bridgehead atoms. The second kappa shape index (κ2) is 11.5. The SMILES string of the molecule is COC(=O)C(C)CN(CC(=O)NC(c1ccc(F)cc1)c1cccs1)Cc1ccccc1. The normalized spacial score (nSPS) is 12.9. The number of amides is 1. The van der Waals surface area contributed by atoms with Crippen LogP contribution in [0.3, 0.4) is 0 Å². The molecular formula is C25H27FN2O3S. The average molecular weight is 455 g/mol. The first-order valence-electron chi connectivity index (χ1n) is 10.4. The van der Waals surface area contributed by atoms with Crippen molar-refractivity contribution in [1.82, 2.24) is 10.2 Å². The summed E-state index contributed by atoms with van der Waals surface area (Å²) in [5.74, 6) is -1.19. The molecule has 0 fully saturated rings. The predicted octanol–water partition coefficient (Wildman–Crippen LogP) is 4.40. The van der Waals surface area contributed by atoms with Gasteiger partial charge < -0.3 is 10.1 Å². The fourth-order valence-corrected chi connectivity index (χ4v) is 4.33. The summed E-state index contributed by atoms with van der Waals surface area (Å²) in [6.45, 7) is 2.80. The highest BCUT2D eigenvalue weighted by molar-refractivity contribution is 7.10. The number of nitrogens with zero attached hydrogens (tertiary/aromatic N) is 1. The Kier molecular flexibility index (Phi) is 8.53. The number of benzene rings is 2. The molecule has 0 spiro atoms. The van der Waals surface area contributed by atoms with Gasteiger partial charge in [0.2, 0.25) is 5.91 Å². The van der Waals surface area contributed by atoms with Gasteiger partial charge in [0.1, 0.15) is 5.82 Å². The number of halogens is 1. The third-order valence-corrected chi connectivity index (χ3v) is 6.03. The van der Waals surface area contributed by atoms with Gasteiger partial charge in [-0.15, -0.1) is 11.3 Å². The van der Waals surface area contributed by atoms with Gasteiger partial charge in [-0.2, -0.15) is 0 Å². The summed E-state index contributed by atoms with van der Waals surface area (Å²) in [5, 5.41) is 5.02. The van der Waals surface area contributed by atoms with E-state index in [0.717, 1.165) is 16.0 Å². The van der Waals surface area contributed by atoms with Crippen LogP contribution in [-0.2, 0) is 20.9 Å². The maximum Gasteiger partial charge on any atom is 0.309 e. The Balaban J connectivity index is 1.75. The highest BCUT2D eigenvalue weighted by Crippen LogP contribution is 2.26. The standard InChI is InChI=1S/C25H27FN2O3S/c1-18(25(30)31-2)15-28(16-19-7-4-3-5-8-19)17-23(29)27-24(22-9-6-14-32-22)20-10-12-21(26)13-11-20/h3-14,18,24H,15-17H2,1-2H3,(H,27,29).